The molecule has 0 fully saturated rings. The van der Waals surface area contributed by atoms with Crippen molar-refractivity contribution in [2.75, 3.05) is 4.72 Å². The molecule has 2 aromatic carbocycles. The van der Waals surface area contributed by atoms with Crippen LogP contribution < -0.4 is 9.46 Å². The second-order valence-electron chi connectivity index (χ2n) is 6.58. The van der Waals surface area contributed by atoms with Crippen LogP contribution in [-0.4, -0.2) is 24.5 Å². The average molecular weight is 385 g/mol. The van der Waals surface area contributed by atoms with Crippen molar-refractivity contribution in [1.82, 2.24) is 9.97 Å². The minimum Gasteiger partial charge on any atom is -0.472 e. The number of nitrogens with one attached hydrogen (secondary N) is 1. The van der Waals surface area contributed by atoms with Gasteiger partial charge in [0, 0.05) is 0 Å². The zero-order chi connectivity index (χ0) is 19.6. The lowest BCUT2D eigenvalue weighted by Gasteiger charge is -2.17. The van der Waals surface area contributed by atoms with Crippen molar-refractivity contribution in [2.24, 2.45) is 0 Å². The molecule has 0 aliphatic heterocycles. The topological polar surface area (TPSA) is 81.2 Å². The highest BCUT2D eigenvalue weighted by Crippen LogP contribution is 2.28. The summed E-state index contributed by atoms with van der Waals surface area (Å²) in [6, 6.07) is 12.5. The van der Waals surface area contributed by atoms with Crippen molar-refractivity contribution in [3.63, 3.8) is 0 Å². The Hall–Kier alpha value is -2.67. The number of rotatable bonds is 6. The molecule has 27 heavy (non-hydrogen) atoms. The van der Waals surface area contributed by atoms with Crippen LogP contribution in [0.5, 0.6) is 5.88 Å². The highest BCUT2D eigenvalue weighted by molar-refractivity contribution is 7.92. The highest BCUT2D eigenvalue weighted by Gasteiger charge is 2.22. The number of aryl methyl sites for hydroxylation is 2. The minimum absolute atomic E-state index is 0.0916. The molecule has 7 heteroatoms. The predicted octanol–water partition coefficient (Wildman–Crippen LogP) is 4.22. The lowest BCUT2D eigenvalue weighted by Crippen LogP contribution is -2.18. The van der Waals surface area contributed by atoms with Gasteiger partial charge in [0.15, 0.2) is 0 Å². The van der Waals surface area contributed by atoms with Gasteiger partial charge in [0.2, 0.25) is 5.82 Å². The van der Waals surface area contributed by atoms with E-state index in [0.717, 1.165) is 12.0 Å². The predicted molar refractivity (Wildman–Crippen MR) is 107 cm³/mol. The van der Waals surface area contributed by atoms with Gasteiger partial charge < -0.3 is 4.74 Å². The van der Waals surface area contributed by atoms with E-state index in [0.29, 0.717) is 16.6 Å². The Morgan fingerprint density at radius 1 is 1.07 bits per heavy atom. The summed E-state index contributed by atoms with van der Waals surface area (Å²) >= 11 is 0. The first-order valence-corrected chi connectivity index (χ1v) is 10.3. The molecule has 3 aromatic rings. The van der Waals surface area contributed by atoms with E-state index >= 15 is 0 Å². The van der Waals surface area contributed by atoms with Gasteiger partial charge in [-0.05, 0) is 51.0 Å². The molecule has 6 nitrogen and oxygen atoms in total. The molecule has 0 bridgehead atoms. The maximum Gasteiger partial charge on any atom is 0.263 e. The van der Waals surface area contributed by atoms with Crippen molar-refractivity contribution < 1.29 is 13.2 Å². The van der Waals surface area contributed by atoms with Gasteiger partial charge in [-0.25, -0.2) is 18.4 Å². The molecule has 142 valence electrons. The van der Waals surface area contributed by atoms with Gasteiger partial charge in [0.25, 0.3) is 15.9 Å². The van der Waals surface area contributed by atoms with Crippen molar-refractivity contribution >= 4 is 26.9 Å². The van der Waals surface area contributed by atoms with E-state index in [1.807, 2.05) is 45.0 Å². The first-order chi connectivity index (χ1) is 12.8. The highest BCUT2D eigenvalue weighted by atomic mass is 32.2. The van der Waals surface area contributed by atoms with Crippen LogP contribution in [0.2, 0.25) is 0 Å². The molecule has 0 aliphatic carbocycles. The first kappa shape index (κ1) is 19.1. The maximum absolute atomic E-state index is 12.9. The van der Waals surface area contributed by atoms with Crippen LogP contribution in [0.1, 0.15) is 31.4 Å². The van der Waals surface area contributed by atoms with E-state index in [4.69, 9.17) is 4.74 Å². The number of anilines is 1. The number of fused-ring (bicyclic) bond motifs is 1. The van der Waals surface area contributed by atoms with Crippen LogP contribution in [0.4, 0.5) is 5.82 Å². The number of para-hydroxylation sites is 2. The third-order valence-corrected chi connectivity index (χ3v) is 5.78. The largest absolute Gasteiger partial charge is 0.472 e. The number of aromatic nitrogens is 2. The number of nitrogens with zero attached hydrogens (tertiary/aromatic N) is 2. The number of benzene rings is 2. The molecule has 1 N–H and O–H groups in total. The molecular formula is C20H23N3O3S. The molecule has 0 spiro atoms. The summed E-state index contributed by atoms with van der Waals surface area (Å²) in [4.78, 5) is 9.11. The maximum atomic E-state index is 12.9. The van der Waals surface area contributed by atoms with Gasteiger partial charge in [-0.2, -0.15) is 0 Å². The van der Waals surface area contributed by atoms with Gasteiger partial charge in [0.1, 0.15) is 0 Å². The Kier molecular flexibility index (Phi) is 5.32. The minimum atomic E-state index is -3.83. The molecule has 0 saturated heterocycles. The Morgan fingerprint density at radius 3 is 2.37 bits per heavy atom. The lowest BCUT2D eigenvalue weighted by atomic mass is 10.2. The Bertz CT molecular complexity index is 1080. The summed E-state index contributed by atoms with van der Waals surface area (Å²) in [5.74, 6) is 0.269. The van der Waals surface area contributed by atoms with Gasteiger partial charge >= 0.3 is 0 Å². The van der Waals surface area contributed by atoms with Gasteiger partial charge in [-0.1, -0.05) is 36.8 Å². The quantitative estimate of drug-likeness (QED) is 0.687. The SMILES string of the molecule is CCC(C)Oc1nc2ccccc2nc1NS(=O)(=O)c1ccc(C)cc1C. The molecule has 0 amide bonds. The normalized spacial score (nSPS) is 12.7. The van der Waals surface area contributed by atoms with E-state index in [1.54, 1.807) is 25.1 Å². The molecule has 0 radical (unpaired) electrons. The van der Waals surface area contributed by atoms with Crippen LogP contribution in [0.15, 0.2) is 47.4 Å². The van der Waals surface area contributed by atoms with E-state index in [-0.39, 0.29) is 22.7 Å². The summed E-state index contributed by atoms with van der Waals surface area (Å²) in [7, 11) is -3.83. The lowest BCUT2D eigenvalue weighted by molar-refractivity contribution is 0.210. The van der Waals surface area contributed by atoms with Crippen molar-refractivity contribution in [2.45, 2.75) is 45.1 Å². The average Bonchev–Trinajstić information content (AvgIpc) is 2.61. The standard InChI is InChI=1S/C20H23N3O3S/c1-5-15(4)26-20-19(21-16-8-6-7-9-17(16)22-20)23-27(24,25)18-11-10-13(2)12-14(18)3/h6-12,15H,5H2,1-4H3,(H,21,23). The molecule has 3 rings (SSSR count). The summed E-state index contributed by atoms with van der Waals surface area (Å²) in [6.07, 6.45) is 0.641. The fourth-order valence-electron chi connectivity index (χ4n) is 2.69. The van der Waals surface area contributed by atoms with Gasteiger partial charge in [-0.3, -0.25) is 4.72 Å². The molecule has 1 aromatic heterocycles. The van der Waals surface area contributed by atoms with Crippen LogP contribution in [0.3, 0.4) is 0 Å². The fraction of sp³-hybridized carbons (Fsp3) is 0.300. The summed E-state index contributed by atoms with van der Waals surface area (Å²) < 4.78 is 34.3. The number of sulfonamides is 1. The zero-order valence-electron chi connectivity index (χ0n) is 15.9. The van der Waals surface area contributed by atoms with Gasteiger partial charge in [-0.15, -0.1) is 0 Å². The van der Waals surface area contributed by atoms with E-state index < -0.39 is 10.0 Å². The number of ether oxygens (including phenoxy) is 1. The summed E-state index contributed by atoms with van der Waals surface area (Å²) in [5.41, 5.74) is 2.90. The molecule has 1 unspecified atom stereocenters. The molecular weight excluding hydrogens is 362 g/mol. The van der Waals surface area contributed by atoms with Crippen LogP contribution in [-0.2, 0) is 10.0 Å². The zero-order valence-corrected chi connectivity index (χ0v) is 16.7. The Labute approximate surface area is 159 Å². The number of hydrogen-bond acceptors (Lipinski definition) is 5. The van der Waals surface area contributed by atoms with Crippen molar-refractivity contribution in [3.8, 4) is 5.88 Å². The fourth-order valence-corrected chi connectivity index (χ4v) is 3.92. The van der Waals surface area contributed by atoms with Gasteiger partial charge in [0.05, 0.1) is 22.0 Å². The Balaban J connectivity index is 2.07. The third kappa shape index (κ3) is 4.19. The second-order valence-corrected chi connectivity index (χ2v) is 8.23. The molecule has 1 atom stereocenters. The van der Waals surface area contributed by atoms with Crippen LogP contribution in [0.25, 0.3) is 11.0 Å². The van der Waals surface area contributed by atoms with Crippen LogP contribution >= 0.6 is 0 Å². The third-order valence-electron chi connectivity index (χ3n) is 4.28. The molecule has 1 heterocycles. The smallest absolute Gasteiger partial charge is 0.263 e. The monoisotopic (exact) mass is 385 g/mol. The van der Waals surface area contributed by atoms with Crippen LogP contribution in [0, 0.1) is 13.8 Å². The van der Waals surface area contributed by atoms with E-state index in [9.17, 15) is 8.42 Å². The summed E-state index contributed by atoms with van der Waals surface area (Å²) in [5, 5.41) is 0. The Morgan fingerprint density at radius 2 is 1.74 bits per heavy atom. The van der Waals surface area contributed by atoms with Crippen molar-refractivity contribution in [1.29, 1.82) is 0 Å². The number of hydrogen-bond donors (Lipinski definition) is 1. The van der Waals surface area contributed by atoms with E-state index in [1.165, 1.54) is 0 Å². The van der Waals surface area contributed by atoms with E-state index in [2.05, 4.69) is 14.7 Å². The molecule has 0 saturated carbocycles. The summed E-state index contributed by atoms with van der Waals surface area (Å²) in [6.45, 7) is 7.58. The molecule has 0 aliphatic rings. The first-order valence-electron chi connectivity index (χ1n) is 8.83. The second kappa shape index (κ2) is 7.52. The van der Waals surface area contributed by atoms with Crippen molar-refractivity contribution in [3.05, 3.63) is 53.6 Å².